The van der Waals surface area contributed by atoms with Crippen LogP contribution in [0.25, 0.3) is 0 Å². The van der Waals surface area contributed by atoms with Gasteiger partial charge in [-0.1, -0.05) is 39.0 Å². The smallest absolute Gasteiger partial charge is 0.0846 e. The third-order valence-electron chi connectivity index (χ3n) is 4.39. The van der Waals surface area contributed by atoms with Crippen LogP contribution in [0.3, 0.4) is 0 Å². The van der Waals surface area contributed by atoms with Crippen LogP contribution in [0.5, 0.6) is 0 Å². The minimum Gasteiger partial charge on any atom is -0.388 e. The summed E-state index contributed by atoms with van der Waals surface area (Å²) in [4.78, 5) is 0. The van der Waals surface area contributed by atoms with E-state index in [0.29, 0.717) is 0 Å². The first-order chi connectivity index (χ1) is 9.21. The minimum absolute atomic E-state index is 0.213. The summed E-state index contributed by atoms with van der Waals surface area (Å²) in [5, 5.41) is 10.8. The number of benzene rings is 1. The minimum atomic E-state index is -0.381. The van der Waals surface area contributed by atoms with Crippen LogP contribution in [-0.4, -0.2) is 17.8 Å². The summed E-state index contributed by atoms with van der Waals surface area (Å²) >= 11 is 0. The lowest BCUT2D eigenvalue weighted by atomic mass is 9.85. The Labute approximate surface area is 116 Å². The van der Waals surface area contributed by atoms with Crippen LogP contribution in [0.4, 0.5) is 0 Å². The first-order valence-corrected chi connectivity index (χ1v) is 7.62. The highest BCUT2D eigenvalue weighted by atomic mass is 16.5. The van der Waals surface area contributed by atoms with Crippen LogP contribution in [0.1, 0.15) is 56.4 Å². The molecule has 1 aliphatic rings. The van der Waals surface area contributed by atoms with E-state index in [1.165, 1.54) is 11.1 Å². The topological polar surface area (TPSA) is 29.5 Å². The van der Waals surface area contributed by atoms with Gasteiger partial charge in [0, 0.05) is 12.5 Å². The zero-order valence-electron chi connectivity index (χ0n) is 12.4. The van der Waals surface area contributed by atoms with Crippen molar-refractivity contribution in [3.8, 4) is 0 Å². The number of aliphatic hydroxyl groups is 1. The number of rotatable bonds is 5. The van der Waals surface area contributed by atoms with Crippen molar-refractivity contribution in [2.24, 2.45) is 5.92 Å². The average molecular weight is 262 g/mol. The summed E-state index contributed by atoms with van der Waals surface area (Å²) in [5.74, 6) is 0.252. The molecule has 0 spiro atoms. The van der Waals surface area contributed by atoms with E-state index in [0.717, 1.165) is 37.9 Å². The molecule has 19 heavy (non-hydrogen) atoms. The van der Waals surface area contributed by atoms with E-state index < -0.39 is 0 Å². The monoisotopic (exact) mass is 262 g/mol. The summed E-state index contributed by atoms with van der Waals surface area (Å²) in [6.07, 6.45) is 3.78. The van der Waals surface area contributed by atoms with Crippen LogP contribution in [0.15, 0.2) is 18.2 Å². The maximum absolute atomic E-state index is 10.8. The molecule has 2 rings (SSSR count). The van der Waals surface area contributed by atoms with Gasteiger partial charge in [0.25, 0.3) is 0 Å². The fourth-order valence-corrected chi connectivity index (χ4v) is 3.14. The largest absolute Gasteiger partial charge is 0.388 e. The molecule has 3 unspecified atom stereocenters. The zero-order valence-corrected chi connectivity index (χ0v) is 12.4. The Kier molecular flexibility index (Phi) is 5.00. The van der Waals surface area contributed by atoms with Gasteiger partial charge in [-0.3, -0.25) is 0 Å². The highest BCUT2D eigenvalue weighted by Gasteiger charge is 2.34. The van der Waals surface area contributed by atoms with Gasteiger partial charge >= 0.3 is 0 Å². The fourth-order valence-electron chi connectivity index (χ4n) is 3.14. The number of aliphatic hydroxyl groups excluding tert-OH is 1. The van der Waals surface area contributed by atoms with Gasteiger partial charge < -0.3 is 9.84 Å². The van der Waals surface area contributed by atoms with Crippen molar-refractivity contribution >= 4 is 0 Å². The molecule has 0 amide bonds. The molecule has 1 heterocycles. The molecule has 0 aromatic heterocycles. The third-order valence-corrected chi connectivity index (χ3v) is 4.39. The van der Waals surface area contributed by atoms with E-state index >= 15 is 0 Å². The zero-order chi connectivity index (χ0) is 13.8. The molecule has 2 heteroatoms. The molecule has 0 radical (unpaired) electrons. The van der Waals surface area contributed by atoms with Gasteiger partial charge in [0.05, 0.1) is 12.2 Å². The van der Waals surface area contributed by atoms with Gasteiger partial charge in [-0.05, 0) is 42.4 Å². The molecular formula is C17H26O2. The van der Waals surface area contributed by atoms with Crippen LogP contribution >= 0.6 is 0 Å². The van der Waals surface area contributed by atoms with Gasteiger partial charge in [0.15, 0.2) is 0 Å². The van der Waals surface area contributed by atoms with Gasteiger partial charge in [0.2, 0.25) is 0 Å². The molecule has 1 aliphatic heterocycles. The van der Waals surface area contributed by atoms with E-state index in [4.69, 9.17) is 4.74 Å². The van der Waals surface area contributed by atoms with Gasteiger partial charge in [-0.25, -0.2) is 0 Å². The van der Waals surface area contributed by atoms with Crippen molar-refractivity contribution in [1.29, 1.82) is 0 Å². The fraction of sp³-hybridized carbons (Fsp3) is 0.647. The molecule has 0 saturated carbocycles. The SMILES string of the molecule is CCc1ccc(CC)c(C(O)C2CCOC2CC)c1. The van der Waals surface area contributed by atoms with Gasteiger partial charge in [-0.15, -0.1) is 0 Å². The molecule has 3 atom stereocenters. The lowest BCUT2D eigenvalue weighted by molar-refractivity contribution is 0.0304. The Bertz CT molecular complexity index is 414. The van der Waals surface area contributed by atoms with Crippen molar-refractivity contribution < 1.29 is 9.84 Å². The molecule has 0 bridgehead atoms. The number of hydrogen-bond donors (Lipinski definition) is 1. The Morgan fingerprint density at radius 1 is 1.26 bits per heavy atom. The van der Waals surface area contributed by atoms with Crippen molar-refractivity contribution in [1.82, 2.24) is 0 Å². The molecule has 106 valence electrons. The van der Waals surface area contributed by atoms with Crippen molar-refractivity contribution in [2.45, 2.75) is 58.7 Å². The maximum Gasteiger partial charge on any atom is 0.0846 e. The Balaban J connectivity index is 2.28. The van der Waals surface area contributed by atoms with Gasteiger partial charge in [-0.2, -0.15) is 0 Å². The van der Waals surface area contributed by atoms with E-state index in [9.17, 15) is 5.11 Å². The summed E-state index contributed by atoms with van der Waals surface area (Å²) in [7, 11) is 0. The summed E-state index contributed by atoms with van der Waals surface area (Å²) in [6.45, 7) is 7.23. The normalized spacial score (nSPS) is 24.6. The summed E-state index contributed by atoms with van der Waals surface area (Å²) in [6, 6.07) is 6.54. The lowest BCUT2D eigenvalue weighted by Gasteiger charge is -2.25. The molecule has 1 N–H and O–H groups in total. The van der Waals surface area contributed by atoms with E-state index in [1.54, 1.807) is 0 Å². The molecule has 1 fully saturated rings. The number of aryl methyl sites for hydroxylation is 2. The first kappa shape index (κ1) is 14.5. The predicted molar refractivity (Wildman–Crippen MR) is 78.3 cm³/mol. The predicted octanol–water partition coefficient (Wildman–Crippen LogP) is 3.66. The number of ether oxygens (including phenoxy) is 1. The second-order valence-electron chi connectivity index (χ2n) is 5.46. The molecular weight excluding hydrogens is 236 g/mol. The second kappa shape index (κ2) is 6.53. The van der Waals surface area contributed by atoms with Crippen LogP contribution < -0.4 is 0 Å². The molecule has 1 saturated heterocycles. The first-order valence-electron chi connectivity index (χ1n) is 7.62. The Morgan fingerprint density at radius 2 is 2.05 bits per heavy atom. The van der Waals surface area contributed by atoms with Gasteiger partial charge in [0.1, 0.15) is 0 Å². The molecule has 1 aromatic rings. The van der Waals surface area contributed by atoms with Crippen molar-refractivity contribution in [3.05, 3.63) is 34.9 Å². The maximum atomic E-state index is 10.8. The van der Waals surface area contributed by atoms with Crippen LogP contribution in [0.2, 0.25) is 0 Å². The van der Waals surface area contributed by atoms with Crippen LogP contribution in [-0.2, 0) is 17.6 Å². The molecule has 1 aromatic carbocycles. The van der Waals surface area contributed by atoms with E-state index in [1.807, 2.05) is 0 Å². The van der Waals surface area contributed by atoms with Crippen molar-refractivity contribution in [2.75, 3.05) is 6.61 Å². The summed E-state index contributed by atoms with van der Waals surface area (Å²) < 4.78 is 5.73. The van der Waals surface area contributed by atoms with Crippen LogP contribution in [0, 0.1) is 5.92 Å². The second-order valence-corrected chi connectivity index (χ2v) is 5.46. The van der Waals surface area contributed by atoms with E-state index in [2.05, 4.69) is 39.0 Å². The average Bonchev–Trinajstić information content (AvgIpc) is 2.94. The molecule has 0 aliphatic carbocycles. The van der Waals surface area contributed by atoms with E-state index in [-0.39, 0.29) is 18.1 Å². The Morgan fingerprint density at radius 3 is 2.68 bits per heavy atom. The Hall–Kier alpha value is -0.860. The molecule has 2 nitrogen and oxygen atoms in total. The highest BCUT2D eigenvalue weighted by molar-refractivity contribution is 5.34. The van der Waals surface area contributed by atoms with Crippen molar-refractivity contribution in [3.63, 3.8) is 0 Å². The quantitative estimate of drug-likeness (QED) is 0.877. The standard InChI is InChI=1S/C17H26O2/c1-4-12-7-8-13(5-2)15(11-12)17(18)14-9-10-19-16(14)6-3/h7-8,11,14,16-18H,4-6,9-10H2,1-3H3. The third kappa shape index (κ3) is 3.01. The lowest BCUT2D eigenvalue weighted by Crippen LogP contribution is -2.23. The highest BCUT2D eigenvalue weighted by Crippen LogP contribution is 2.36. The summed E-state index contributed by atoms with van der Waals surface area (Å²) in [5.41, 5.74) is 3.69. The number of hydrogen-bond acceptors (Lipinski definition) is 2.